The van der Waals surface area contributed by atoms with Crippen molar-refractivity contribution in [3.05, 3.63) is 29.8 Å². The Kier molecular flexibility index (Phi) is 5.69. The zero-order chi connectivity index (χ0) is 13.8. The molecular weight excluding hydrogens is 266 g/mol. The van der Waals surface area contributed by atoms with Gasteiger partial charge in [0.05, 0.1) is 4.90 Å². The molecule has 1 aromatic rings. The quantitative estimate of drug-likeness (QED) is 0.807. The second-order valence-electron chi connectivity index (χ2n) is 4.30. The van der Waals surface area contributed by atoms with E-state index in [9.17, 15) is 8.42 Å². The summed E-state index contributed by atoms with van der Waals surface area (Å²) in [4.78, 5) is 0.409. The fourth-order valence-electron chi connectivity index (χ4n) is 1.87. The molecule has 0 saturated heterocycles. The minimum atomic E-state index is -3.38. The first kappa shape index (κ1) is 15.5. The molecule has 3 nitrogen and oxygen atoms in total. The van der Waals surface area contributed by atoms with E-state index in [1.807, 2.05) is 32.2 Å². The third kappa shape index (κ3) is 3.28. The van der Waals surface area contributed by atoms with Crippen LogP contribution in [-0.2, 0) is 10.0 Å². The Morgan fingerprint density at radius 1 is 1.33 bits per heavy atom. The van der Waals surface area contributed by atoms with E-state index in [1.165, 1.54) is 4.31 Å². The topological polar surface area (TPSA) is 37.4 Å². The summed E-state index contributed by atoms with van der Waals surface area (Å²) in [5.74, 6) is 0.818. The van der Waals surface area contributed by atoms with Crippen LogP contribution in [0.25, 0.3) is 0 Å². The van der Waals surface area contributed by atoms with Gasteiger partial charge >= 0.3 is 0 Å². The van der Waals surface area contributed by atoms with E-state index in [1.54, 1.807) is 30.9 Å². The Morgan fingerprint density at radius 3 is 2.44 bits per heavy atom. The lowest BCUT2D eigenvalue weighted by Crippen LogP contribution is -2.38. The molecular formula is C13H21NO2S2. The van der Waals surface area contributed by atoms with E-state index in [2.05, 4.69) is 0 Å². The van der Waals surface area contributed by atoms with E-state index >= 15 is 0 Å². The predicted octanol–water partition coefficient (Wildman–Crippen LogP) is 2.76. The zero-order valence-corrected chi connectivity index (χ0v) is 13.0. The molecule has 0 aliphatic rings. The first-order valence-corrected chi connectivity index (χ1v) is 8.81. The minimum Gasteiger partial charge on any atom is -0.207 e. The van der Waals surface area contributed by atoms with E-state index in [-0.39, 0.29) is 6.04 Å². The molecule has 1 aromatic carbocycles. The normalized spacial score (nSPS) is 13.8. The van der Waals surface area contributed by atoms with Gasteiger partial charge in [-0.1, -0.05) is 25.1 Å². The van der Waals surface area contributed by atoms with Crippen molar-refractivity contribution in [2.24, 2.45) is 0 Å². The lowest BCUT2D eigenvalue weighted by molar-refractivity contribution is 0.385. The Bertz CT molecular complexity index is 486. The minimum absolute atomic E-state index is 0.0459. The molecule has 0 amide bonds. The molecule has 0 spiro atoms. The molecule has 102 valence electrons. The first-order valence-electron chi connectivity index (χ1n) is 5.97. The van der Waals surface area contributed by atoms with Gasteiger partial charge < -0.3 is 0 Å². The van der Waals surface area contributed by atoms with Gasteiger partial charge in [-0.3, -0.25) is 0 Å². The lowest BCUT2D eigenvalue weighted by Gasteiger charge is -2.26. The summed E-state index contributed by atoms with van der Waals surface area (Å²) in [6.07, 6.45) is 2.82. The zero-order valence-electron chi connectivity index (χ0n) is 11.4. The molecule has 0 radical (unpaired) electrons. The third-order valence-electron chi connectivity index (χ3n) is 3.10. The van der Waals surface area contributed by atoms with Gasteiger partial charge in [-0.05, 0) is 31.2 Å². The maximum absolute atomic E-state index is 12.5. The van der Waals surface area contributed by atoms with E-state index in [0.29, 0.717) is 4.90 Å². The average molecular weight is 287 g/mol. The standard InChI is InChI=1S/C13H21NO2S2/c1-5-12(10-17-4)14(3)18(15,16)13-9-7-6-8-11(13)2/h6-9,12H,5,10H2,1-4H3. The highest BCUT2D eigenvalue weighted by Gasteiger charge is 2.27. The molecule has 5 heteroatoms. The van der Waals surface area contributed by atoms with Gasteiger partial charge in [0.2, 0.25) is 10.0 Å². The molecule has 0 fully saturated rings. The van der Waals surface area contributed by atoms with Crippen molar-refractivity contribution in [1.82, 2.24) is 4.31 Å². The van der Waals surface area contributed by atoms with Crippen LogP contribution in [0.15, 0.2) is 29.2 Å². The fraction of sp³-hybridized carbons (Fsp3) is 0.538. The predicted molar refractivity (Wildman–Crippen MR) is 78.6 cm³/mol. The van der Waals surface area contributed by atoms with Crippen molar-refractivity contribution >= 4 is 21.8 Å². The molecule has 0 aromatic heterocycles. The van der Waals surface area contributed by atoms with Gasteiger partial charge in [-0.25, -0.2) is 8.42 Å². The van der Waals surface area contributed by atoms with Crippen LogP contribution in [0.5, 0.6) is 0 Å². The van der Waals surface area contributed by atoms with E-state index in [4.69, 9.17) is 0 Å². The maximum atomic E-state index is 12.5. The van der Waals surface area contributed by atoms with Crippen LogP contribution in [0.3, 0.4) is 0 Å². The Balaban J connectivity index is 3.10. The number of hydrogen-bond acceptors (Lipinski definition) is 3. The summed E-state index contributed by atoms with van der Waals surface area (Å²) < 4.78 is 26.6. The SMILES string of the molecule is CCC(CSC)N(C)S(=O)(=O)c1ccccc1C. The lowest BCUT2D eigenvalue weighted by atomic mass is 10.2. The van der Waals surface area contributed by atoms with E-state index < -0.39 is 10.0 Å². The smallest absolute Gasteiger partial charge is 0.207 e. The maximum Gasteiger partial charge on any atom is 0.243 e. The molecule has 1 atom stereocenters. The number of hydrogen-bond donors (Lipinski definition) is 0. The monoisotopic (exact) mass is 287 g/mol. The van der Waals surface area contributed by atoms with Gasteiger partial charge in [-0.2, -0.15) is 16.1 Å². The average Bonchev–Trinajstić information content (AvgIpc) is 2.35. The summed E-state index contributed by atoms with van der Waals surface area (Å²) in [5, 5.41) is 0. The number of sulfonamides is 1. The second kappa shape index (κ2) is 6.59. The van der Waals surface area contributed by atoms with Gasteiger partial charge in [0.25, 0.3) is 0 Å². The van der Waals surface area contributed by atoms with Crippen molar-refractivity contribution in [3.63, 3.8) is 0 Å². The van der Waals surface area contributed by atoms with Crippen molar-refractivity contribution in [1.29, 1.82) is 0 Å². The van der Waals surface area contributed by atoms with Crippen molar-refractivity contribution in [2.75, 3.05) is 19.1 Å². The molecule has 0 heterocycles. The summed E-state index contributed by atoms with van der Waals surface area (Å²) in [7, 11) is -1.71. The number of aryl methyl sites for hydroxylation is 1. The summed E-state index contributed by atoms with van der Waals surface area (Å²) in [6.45, 7) is 3.85. The highest BCUT2D eigenvalue weighted by Crippen LogP contribution is 2.22. The molecule has 0 bridgehead atoms. The Labute approximate surface area is 115 Å². The molecule has 1 unspecified atom stereocenters. The highest BCUT2D eigenvalue weighted by molar-refractivity contribution is 7.98. The summed E-state index contributed by atoms with van der Waals surface area (Å²) in [5.41, 5.74) is 0.795. The van der Waals surface area contributed by atoms with Crippen molar-refractivity contribution in [2.45, 2.75) is 31.2 Å². The van der Waals surface area contributed by atoms with Gasteiger partial charge in [0.15, 0.2) is 0 Å². The highest BCUT2D eigenvalue weighted by atomic mass is 32.2. The van der Waals surface area contributed by atoms with Gasteiger partial charge in [-0.15, -0.1) is 0 Å². The fourth-order valence-corrected chi connectivity index (χ4v) is 4.46. The summed E-state index contributed by atoms with van der Waals surface area (Å²) >= 11 is 1.67. The molecule has 18 heavy (non-hydrogen) atoms. The summed E-state index contributed by atoms with van der Waals surface area (Å²) in [6, 6.07) is 7.17. The molecule has 1 rings (SSSR count). The third-order valence-corrected chi connectivity index (χ3v) is 5.88. The second-order valence-corrected chi connectivity index (χ2v) is 7.18. The van der Waals surface area contributed by atoms with Crippen molar-refractivity contribution in [3.8, 4) is 0 Å². The molecule has 0 saturated carbocycles. The molecule has 0 aliphatic carbocycles. The first-order chi connectivity index (χ1) is 8.45. The number of thioether (sulfide) groups is 1. The Morgan fingerprint density at radius 2 is 1.94 bits per heavy atom. The van der Waals surface area contributed by atoms with Crippen LogP contribution in [0.4, 0.5) is 0 Å². The molecule has 0 aliphatic heterocycles. The van der Waals surface area contributed by atoms with Crippen LogP contribution in [0.1, 0.15) is 18.9 Å². The van der Waals surface area contributed by atoms with Gasteiger partial charge in [0, 0.05) is 18.8 Å². The number of rotatable bonds is 6. The van der Waals surface area contributed by atoms with Crippen LogP contribution in [0, 0.1) is 6.92 Å². The number of benzene rings is 1. The van der Waals surface area contributed by atoms with Crippen LogP contribution >= 0.6 is 11.8 Å². The van der Waals surface area contributed by atoms with Crippen LogP contribution in [0.2, 0.25) is 0 Å². The number of nitrogens with zero attached hydrogens (tertiary/aromatic N) is 1. The van der Waals surface area contributed by atoms with E-state index in [0.717, 1.165) is 17.7 Å². The Hall–Kier alpha value is -0.520. The van der Waals surface area contributed by atoms with Gasteiger partial charge in [0.1, 0.15) is 0 Å². The molecule has 0 N–H and O–H groups in total. The van der Waals surface area contributed by atoms with Crippen LogP contribution in [-0.4, -0.2) is 37.8 Å². The van der Waals surface area contributed by atoms with Crippen molar-refractivity contribution < 1.29 is 8.42 Å². The van der Waals surface area contributed by atoms with Crippen LogP contribution < -0.4 is 0 Å². The largest absolute Gasteiger partial charge is 0.243 e.